The molecule has 2 saturated heterocycles. The Morgan fingerprint density at radius 2 is 2.06 bits per heavy atom. The molecule has 0 saturated carbocycles. The quantitative estimate of drug-likeness (QED) is 0.736. The van der Waals surface area contributed by atoms with Gasteiger partial charge in [-0.05, 0) is 44.1 Å². The lowest BCUT2D eigenvalue weighted by atomic mass is 9.85. The molecule has 2 aliphatic rings. The van der Waals surface area contributed by atoms with Gasteiger partial charge in [-0.1, -0.05) is 13.8 Å². The second kappa shape index (κ2) is 4.74. The van der Waals surface area contributed by atoms with Crippen molar-refractivity contribution in [2.75, 3.05) is 19.6 Å². The molecule has 0 aromatic heterocycles. The Morgan fingerprint density at radius 3 is 2.75 bits per heavy atom. The molecule has 1 N–H and O–H groups in total. The first-order chi connectivity index (χ1) is 7.58. The monoisotopic (exact) mass is 224 g/mol. The molecule has 0 bridgehead atoms. The lowest BCUT2D eigenvalue weighted by Gasteiger charge is -2.25. The van der Waals surface area contributed by atoms with Crippen LogP contribution < -0.4 is 5.32 Å². The standard InChI is InChI=1S/C13H24N2O/c1-13(2)6-4-9-15(10-7-13)12(16)11-5-3-8-14-11/h11,14H,3-10H2,1-2H3/t11-/m1/s1. The number of likely N-dealkylation sites (tertiary alicyclic amines) is 1. The van der Waals surface area contributed by atoms with E-state index in [4.69, 9.17) is 0 Å². The molecule has 16 heavy (non-hydrogen) atoms. The van der Waals surface area contributed by atoms with Crippen LogP contribution in [0.4, 0.5) is 0 Å². The maximum Gasteiger partial charge on any atom is 0.239 e. The molecule has 0 aromatic carbocycles. The summed E-state index contributed by atoms with van der Waals surface area (Å²) < 4.78 is 0. The zero-order valence-corrected chi connectivity index (χ0v) is 10.6. The van der Waals surface area contributed by atoms with Crippen LogP contribution in [0.25, 0.3) is 0 Å². The van der Waals surface area contributed by atoms with Crippen LogP contribution in [-0.2, 0) is 4.79 Å². The van der Waals surface area contributed by atoms with E-state index in [0.717, 1.165) is 45.3 Å². The normalized spacial score (nSPS) is 30.1. The zero-order chi connectivity index (χ0) is 11.6. The van der Waals surface area contributed by atoms with Gasteiger partial charge in [0.25, 0.3) is 0 Å². The van der Waals surface area contributed by atoms with E-state index >= 15 is 0 Å². The molecule has 1 amide bonds. The largest absolute Gasteiger partial charge is 0.341 e. The number of nitrogens with zero attached hydrogens (tertiary/aromatic N) is 1. The van der Waals surface area contributed by atoms with Gasteiger partial charge < -0.3 is 10.2 Å². The number of hydrogen-bond acceptors (Lipinski definition) is 2. The average molecular weight is 224 g/mol. The van der Waals surface area contributed by atoms with Gasteiger partial charge in [0, 0.05) is 13.1 Å². The van der Waals surface area contributed by atoms with Crippen molar-refractivity contribution >= 4 is 5.91 Å². The highest BCUT2D eigenvalue weighted by Crippen LogP contribution is 2.30. The minimum Gasteiger partial charge on any atom is -0.341 e. The van der Waals surface area contributed by atoms with Crippen LogP contribution in [0.3, 0.4) is 0 Å². The van der Waals surface area contributed by atoms with Gasteiger partial charge in [0.2, 0.25) is 5.91 Å². The number of carbonyl (C=O) groups is 1. The molecule has 0 unspecified atom stereocenters. The predicted octanol–water partition coefficient (Wildman–Crippen LogP) is 1.78. The molecule has 3 heteroatoms. The zero-order valence-electron chi connectivity index (χ0n) is 10.6. The molecule has 3 nitrogen and oxygen atoms in total. The highest BCUT2D eigenvalue weighted by Gasteiger charge is 2.30. The third kappa shape index (κ3) is 2.76. The summed E-state index contributed by atoms with van der Waals surface area (Å²) in [6.45, 7) is 7.55. The third-order valence-corrected chi connectivity index (χ3v) is 4.01. The summed E-state index contributed by atoms with van der Waals surface area (Å²) in [5.41, 5.74) is 0.415. The fraction of sp³-hybridized carbons (Fsp3) is 0.923. The minimum absolute atomic E-state index is 0.112. The Morgan fingerprint density at radius 1 is 1.25 bits per heavy atom. The summed E-state index contributed by atoms with van der Waals surface area (Å²) >= 11 is 0. The molecular weight excluding hydrogens is 200 g/mol. The van der Waals surface area contributed by atoms with Crippen LogP contribution in [0.2, 0.25) is 0 Å². The van der Waals surface area contributed by atoms with E-state index in [1.54, 1.807) is 0 Å². The Kier molecular flexibility index (Phi) is 3.53. The van der Waals surface area contributed by atoms with Crippen molar-refractivity contribution in [2.45, 2.75) is 52.0 Å². The number of carbonyl (C=O) groups excluding carboxylic acids is 1. The predicted molar refractivity (Wildman–Crippen MR) is 65.2 cm³/mol. The Bertz CT molecular complexity index is 257. The number of rotatable bonds is 1. The van der Waals surface area contributed by atoms with Crippen molar-refractivity contribution in [3.05, 3.63) is 0 Å². The summed E-state index contributed by atoms with van der Waals surface area (Å²) in [4.78, 5) is 14.3. The van der Waals surface area contributed by atoms with Crippen molar-refractivity contribution in [1.82, 2.24) is 10.2 Å². The molecule has 2 fully saturated rings. The van der Waals surface area contributed by atoms with Gasteiger partial charge in [0.1, 0.15) is 0 Å². The summed E-state index contributed by atoms with van der Waals surface area (Å²) in [6.07, 6.45) is 5.72. The third-order valence-electron chi connectivity index (χ3n) is 4.01. The highest BCUT2D eigenvalue weighted by atomic mass is 16.2. The summed E-state index contributed by atoms with van der Waals surface area (Å²) in [7, 11) is 0. The first kappa shape index (κ1) is 11.9. The molecule has 2 aliphatic heterocycles. The summed E-state index contributed by atoms with van der Waals surface area (Å²) in [6, 6.07) is 0.112. The number of nitrogens with one attached hydrogen (secondary N) is 1. The second-order valence-corrected chi connectivity index (χ2v) is 5.99. The molecule has 0 radical (unpaired) electrons. The van der Waals surface area contributed by atoms with E-state index in [-0.39, 0.29) is 6.04 Å². The van der Waals surface area contributed by atoms with E-state index < -0.39 is 0 Å². The van der Waals surface area contributed by atoms with Crippen LogP contribution in [-0.4, -0.2) is 36.5 Å². The van der Waals surface area contributed by atoms with Gasteiger partial charge in [-0.3, -0.25) is 4.79 Å². The smallest absolute Gasteiger partial charge is 0.239 e. The average Bonchev–Trinajstić information content (AvgIpc) is 2.69. The van der Waals surface area contributed by atoms with Crippen molar-refractivity contribution < 1.29 is 4.79 Å². The number of amides is 1. The Hall–Kier alpha value is -0.570. The fourth-order valence-electron chi connectivity index (χ4n) is 2.76. The molecule has 0 spiro atoms. The van der Waals surface area contributed by atoms with Gasteiger partial charge in [0.15, 0.2) is 0 Å². The van der Waals surface area contributed by atoms with Crippen LogP contribution in [0.15, 0.2) is 0 Å². The van der Waals surface area contributed by atoms with Crippen LogP contribution in [0, 0.1) is 5.41 Å². The maximum atomic E-state index is 12.2. The van der Waals surface area contributed by atoms with Crippen molar-refractivity contribution in [3.8, 4) is 0 Å². The van der Waals surface area contributed by atoms with Gasteiger partial charge in [-0.15, -0.1) is 0 Å². The van der Waals surface area contributed by atoms with Crippen molar-refractivity contribution in [3.63, 3.8) is 0 Å². The molecular formula is C13H24N2O. The maximum absolute atomic E-state index is 12.2. The van der Waals surface area contributed by atoms with E-state index in [1.165, 1.54) is 6.42 Å². The SMILES string of the molecule is CC1(C)CCCN(C(=O)[C@H]2CCCN2)CC1. The molecule has 2 heterocycles. The van der Waals surface area contributed by atoms with E-state index in [1.807, 2.05) is 0 Å². The summed E-state index contributed by atoms with van der Waals surface area (Å²) in [5.74, 6) is 0.343. The van der Waals surface area contributed by atoms with Crippen LogP contribution in [0.1, 0.15) is 46.0 Å². The Balaban J connectivity index is 1.91. The fourth-order valence-corrected chi connectivity index (χ4v) is 2.76. The molecule has 1 atom stereocenters. The lowest BCUT2D eigenvalue weighted by Crippen LogP contribution is -2.44. The molecule has 92 valence electrons. The first-order valence-corrected chi connectivity index (χ1v) is 6.61. The first-order valence-electron chi connectivity index (χ1n) is 6.61. The second-order valence-electron chi connectivity index (χ2n) is 5.99. The van der Waals surface area contributed by atoms with Crippen LogP contribution in [0.5, 0.6) is 0 Å². The molecule has 0 aliphatic carbocycles. The van der Waals surface area contributed by atoms with E-state index in [2.05, 4.69) is 24.1 Å². The van der Waals surface area contributed by atoms with Crippen molar-refractivity contribution in [2.24, 2.45) is 5.41 Å². The summed E-state index contributed by atoms with van der Waals surface area (Å²) in [5, 5.41) is 3.30. The molecule has 2 rings (SSSR count). The van der Waals surface area contributed by atoms with Gasteiger partial charge >= 0.3 is 0 Å². The Labute approximate surface area is 98.6 Å². The van der Waals surface area contributed by atoms with Crippen molar-refractivity contribution in [1.29, 1.82) is 0 Å². The lowest BCUT2D eigenvalue weighted by molar-refractivity contribution is -0.133. The molecule has 0 aromatic rings. The van der Waals surface area contributed by atoms with Gasteiger partial charge in [-0.25, -0.2) is 0 Å². The van der Waals surface area contributed by atoms with Crippen LogP contribution >= 0.6 is 0 Å². The van der Waals surface area contributed by atoms with E-state index in [0.29, 0.717) is 11.3 Å². The van der Waals surface area contributed by atoms with Gasteiger partial charge in [-0.2, -0.15) is 0 Å². The highest BCUT2D eigenvalue weighted by molar-refractivity contribution is 5.82. The van der Waals surface area contributed by atoms with E-state index in [9.17, 15) is 4.79 Å². The van der Waals surface area contributed by atoms with Gasteiger partial charge in [0.05, 0.1) is 6.04 Å². The number of hydrogen-bond donors (Lipinski definition) is 1. The topological polar surface area (TPSA) is 32.3 Å². The minimum atomic E-state index is 0.112.